The minimum atomic E-state index is -4.26. The highest BCUT2D eigenvalue weighted by Crippen LogP contribution is 2.28. The maximum atomic E-state index is 13.6. The summed E-state index contributed by atoms with van der Waals surface area (Å²) in [5.41, 5.74) is 0.0106. The first-order chi connectivity index (χ1) is 9.72. The van der Waals surface area contributed by atoms with Crippen LogP contribution in [0.1, 0.15) is 23.2 Å². The van der Waals surface area contributed by atoms with Crippen LogP contribution in [0.3, 0.4) is 0 Å². The van der Waals surface area contributed by atoms with Crippen molar-refractivity contribution in [2.75, 3.05) is 7.11 Å². The number of carbonyl (C=O) groups is 1. The molecule has 0 atom stereocenters. The maximum Gasteiger partial charge on any atom is 0.264 e. The number of halogens is 3. The second-order valence-electron chi connectivity index (χ2n) is 4.70. The van der Waals surface area contributed by atoms with Crippen molar-refractivity contribution < 1.29 is 22.3 Å². The third-order valence-electron chi connectivity index (χ3n) is 3.29. The molecule has 116 valence electrons. The highest BCUT2D eigenvalue weighted by atomic mass is 79.9. The SMILES string of the molecule is COC1CC(NC(=O)c2cc(S(=O)(=O)Cl)c(F)cc2Br)C1. The van der Waals surface area contributed by atoms with E-state index in [0.29, 0.717) is 12.8 Å². The molecular formula is C12H12BrClFNO4S. The Bertz CT molecular complexity index is 676. The predicted octanol–water partition coefficient (Wildman–Crippen LogP) is 2.42. The Labute approximate surface area is 134 Å². The molecule has 0 saturated heterocycles. The molecule has 2 rings (SSSR count). The molecule has 21 heavy (non-hydrogen) atoms. The quantitative estimate of drug-likeness (QED) is 0.788. The van der Waals surface area contributed by atoms with E-state index in [1.807, 2.05) is 0 Å². The third kappa shape index (κ3) is 3.74. The number of benzene rings is 1. The summed E-state index contributed by atoms with van der Waals surface area (Å²) in [5, 5.41) is 2.73. The monoisotopic (exact) mass is 399 g/mol. The minimum Gasteiger partial charge on any atom is -0.381 e. The molecule has 1 N–H and O–H groups in total. The van der Waals surface area contributed by atoms with E-state index in [1.54, 1.807) is 7.11 Å². The van der Waals surface area contributed by atoms with Gasteiger partial charge in [-0.3, -0.25) is 4.79 Å². The zero-order valence-corrected chi connectivity index (χ0v) is 14.1. The molecule has 1 aromatic carbocycles. The number of carbonyl (C=O) groups excluding carboxylic acids is 1. The molecule has 0 aliphatic heterocycles. The highest BCUT2D eigenvalue weighted by molar-refractivity contribution is 9.10. The number of hydrogen-bond acceptors (Lipinski definition) is 4. The van der Waals surface area contributed by atoms with Crippen LogP contribution in [0.5, 0.6) is 0 Å². The van der Waals surface area contributed by atoms with Gasteiger partial charge >= 0.3 is 0 Å². The standard InChI is InChI=1S/C12H12BrClFNO4S/c1-20-7-2-6(3-7)16-12(17)8-4-11(21(14,18)19)10(15)5-9(8)13/h4-7H,2-3H2,1H3,(H,16,17). The fourth-order valence-corrected chi connectivity index (χ4v) is 3.43. The van der Waals surface area contributed by atoms with Crippen LogP contribution >= 0.6 is 26.6 Å². The van der Waals surface area contributed by atoms with Crippen LogP contribution in [-0.2, 0) is 13.8 Å². The predicted molar refractivity (Wildman–Crippen MR) is 78.4 cm³/mol. The molecule has 1 amide bonds. The lowest BCUT2D eigenvalue weighted by atomic mass is 9.89. The van der Waals surface area contributed by atoms with Crippen LogP contribution in [0, 0.1) is 5.82 Å². The summed E-state index contributed by atoms with van der Waals surface area (Å²) in [7, 11) is 2.48. The molecule has 9 heteroatoms. The Kier molecular flexibility index (Phi) is 4.92. The number of hydrogen-bond donors (Lipinski definition) is 1. The van der Waals surface area contributed by atoms with Crippen molar-refractivity contribution in [2.45, 2.75) is 29.9 Å². The first-order valence-electron chi connectivity index (χ1n) is 5.99. The number of rotatable bonds is 4. The molecule has 0 unspecified atom stereocenters. The molecule has 5 nitrogen and oxygen atoms in total. The third-order valence-corrected chi connectivity index (χ3v) is 5.29. The molecule has 0 bridgehead atoms. The fraction of sp³-hybridized carbons (Fsp3) is 0.417. The molecular weight excluding hydrogens is 389 g/mol. The Morgan fingerprint density at radius 2 is 2.10 bits per heavy atom. The summed E-state index contributed by atoms with van der Waals surface area (Å²) in [5.74, 6) is -1.51. The number of nitrogens with one attached hydrogen (secondary N) is 1. The molecule has 0 heterocycles. The average Bonchev–Trinajstić information content (AvgIpc) is 2.31. The lowest BCUT2D eigenvalue weighted by Gasteiger charge is -2.34. The summed E-state index contributed by atoms with van der Waals surface area (Å²) in [6.45, 7) is 0. The van der Waals surface area contributed by atoms with Crippen LogP contribution in [0.25, 0.3) is 0 Å². The van der Waals surface area contributed by atoms with Gasteiger partial charge < -0.3 is 10.1 Å². The lowest BCUT2D eigenvalue weighted by Crippen LogP contribution is -2.47. The zero-order chi connectivity index (χ0) is 15.8. The molecule has 1 aromatic rings. The van der Waals surface area contributed by atoms with Gasteiger partial charge in [0.2, 0.25) is 0 Å². The summed E-state index contributed by atoms with van der Waals surface area (Å²) >= 11 is 3.04. The molecule has 0 aromatic heterocycles. The van der Waals surface area contributed by atoms with Gasteiger partial charge in [0.05, 0.1) is 11.7 Å². The average molecular weight is 401 g/mol. The van der Waals surface area contributed by atoms with Gasteiger partial charge in [-0.25, -0.2) is 12.8 Å². The van der Waals surface area contributed by atoms with Gasteiger partial charge in [0.1, 0.15) is 10.7 Å². The van der Waals surface area contributed by atoms with Crippen LogP contribution in [0.4, 0.5) is 4.39 Å². The van der Waals surface area contributed by atoms with E-state index in [1.165, 1.54) is 0 Å². The zero-order valence-electron chi connectivity index (χ0n) is 10.9. The Hall–Kier alpha value is -0.700. The van der Waals surface area contributed by atoms with Gasteiger partial charge in [-0.2, -0.15) is 0 Å². The highest BCUT2D eigenvalue weighted by Gasteiger charge is 2.31. The topological polar surface area (TPSA) is 72.5 Å². The largest absolute Gasteiger partial charge is 0.381 e. The summed E-state index contributed by atoms with van der Waals surface area (Å²) in [6, 6.07) is 1.78. The van der Waals surface area contributed by atoms with Crippen LogP contribution in [-0.4, -0.2) is 33.6 Å². The number of methoxy groups -OCH3 is 1. The van der Waals surface area contributed by atoms with E-state index in [-0.39, 0.29) is 22.2 Å². The van der Waals surface area contributed by atoms with E-state index in [9.17, 15) is 17.6 Å². The number of amides is 1. The van der Waals surface area contributed by atoms with Gasteiger partial charge in [0.15, 0.2) is 0 Å². The Morgan fingerprint density at radius 1 is 1.48 bits per heavy atom. The first kappa shape index (κ1) is 16.7. The minimum absolute atomic E-state index is 0.0106. The molecule has 1 aliphatic rings. The molecule has 1 fully saturated rings. The van der Waals surface area contributed by atoms with Gasteiger partial charge in [0.25, 0.3) is 15.0 Å². The summed E-state index contributed by atoms with van der Waals surface area (Å²) < 4.78 is 41.4. The second kappa shape index (κ2) is 6.20. The van der Waals surface area contributed by atoms with E-state index >= 15 is 0 Å². The van der Waals surface area contributed by atoms with Crippen molar-refractivity contribution in [3.63, 3.8) is 0 Å². The molecule has 0 radical (unpaired) electrons. The first-order valence-corrected chi connectivity index (χ1v) is 9.10. The van der Waals surface area contributed by atoms with Crippen molar-refractivity contribution in [3.8, 4) is 0 Å². The smallest absolute Gasteiger partial charge is 0.264 e. The van der Waals surface area contributed by atoms with Gasteiger partial charge in [0, 0.05) is 28.3 Å². The van der Waals surface area contributed by atoms with Gasteiger partial charge in [-0.15, -0.1) is 0 Å². The fourth-order valence-electron chi connectivity index (χ4n) is 2.03. The Balaban J connectivity index is 2.21. The molecule has 1 saturated carbocycles. The van der Waals surface area contributed by atoms with Crippen molar-refractivity contribution in [1.82, 2.24) is 5.32 Å². The van der Waals surface area contributed by atoms with E-state index in [4.69, 9.17) is 15.4 Å². The van der Waals surface area contributed by atoms with Crippen molar-refractivity contribution in [2.24, 2.45) is 0 Å². The normalized spacial score (nSPS) is 21.7. The van der Waals surface area contributed by atoms with E-state index in [0.717, 1.165) is 12.1 Å². The van der Waals surface area contributed by atoms with Crippen molar-refractivity contribution in [3.05, 3.63) is 28.0 Å². The summed E-state index contributed by atoms with van der Waals surface area (Å²) in [4.78, 5) is 11.4. The van der Waals surface area contributed by atoms with Crippen molar-refractivity contribution >= 4 is 41.6 Å². The van der Waals surface area contributed by atoms with Crippen LogP contribution < -0.4 is 5.32 Å². The Morgan fingerprint density at radius 3 is 2.62 bits per heavy atom. The van der Waals surface area contributed by atoms with Crippen molar-refractivity contribution in [1.29, 1.82) is 0 Å². The molecule has 0 spiro atoms. The van der Waals surface area contributed by atoms with Crippen LogP contribution in [0.2, 0.25) is 0 Å². The summed E-state index contributed by atoms with van der Waals surface area (Å²) in [6.07, 6.45) is 1.48. The molecule has 1 aliphatic carbocycles. The van der Waals surface area contributed by atoms with E-state index < -0.39 is 25.7 Å². The number of ether oxygens (including phenoxy) is 1. The lowest BCUT2D eigenvalue weighted by molar-refractivity contribution is 0.0176. The second-order valence-corrected chi connectivity index (χ2v) is 8.09. The van der Waals surface area contributed by atoms with E-state index in [2.05, 4.69) is 21.2 Å². The maximum absolute atomic E-state index is 13.6. The van der Waals surface area contributed by atoms with Gasteiger partial charge in [-0.05, 0) is 40.9 Å². The van der Waals surface area contributed by atoms with Gasteiger partial charge in [-0.1, -0.05) is 0 Å². The van der Waals surface area contributed by atoms with Crippen LogP contribution in [0.15, 0.2) is 21.5 Å².